The van der Waals surface area contributed by atoms with E-state index in [9.17, 15) is 9.59 Å². The number of furan rings is 1. The van der Waals surface area contributed by atoms with E-state index in [1.165, 1.54) is 0 Å². The molecule has 1 aliphatic carbocycles. The quantitative estimate of drug-likeness (QED) is 0.322. The molecule has 0 bridgehead atoms. The van der Waals surface area contributed by atoms with E-state index in [0.29, 0.717) is 24.7 Å². The summed E-state index contributed by atoms with van der Waals surface area (Å²) in [6, 6.07) is 11.5. The largest absolute Gasteiger partial charge is 0.493 e. The Morgan fingerprint density at radius 1 is 1.09 bits per heavy atom. The topological polar surface area (TPSA) is 80.0 Å². The van der Waals surface area contributed by atoms with Gasteiger partial charge in [0.15, 0.2) is 0 Å². The smallest absolute Gasteiger partial charge is 0.303 e. The van der Waals surface area contributed by atoms with Crippen LogP contribution >= 0.6 is 0 Å². The van der Waals surface area contributed by atoms with Gasteiger partial charge >= 0.3 is 5.97 Å². The van der Waals surface area contributed by atoms with Crippen molar-refractivity contribution >= 4 is 19.7 Å². The highest BCUT2D eigenvalue weighted by molar-refractivity contribution is 6.13. The highest BCUT2D eigenvalue weighted by Crippen LogP contribution is 2.38. The van der Waals surface area contributed by atoms with Crippen molar-refractivity contribution < 1.29 is 23.8 Å². The lowest BCUT2D eigenvalue weighted by Crippen LogP contribution is -2.44. The van der Waals surface area contributed by atoms with E-state index in [1.54, 1.807) is 11.2 Å². The maximum absolute atomic E-state index is 13.6. The van der Waals surface area contributed by atoms with Crippen molar-refractivity contribution in [1.82, 2.24) is 4.90 Å². The molecule has 1 heterocycles. The molecule has 7 heteroatoms. The highest BCUT2D eigenvalue weighted by Gasteiger charge is 2.34. The Bertz CT molecular complexity index is 906. The van der Waals surface area contributed by atoms with E-state index in [-0.39, 0.29) is 24.3 Å². The number of ether oxygens (including phenoxy) is 1. The summed E-state index contributed by atoms with van der Waals surface area (Å²) >= 11 is 0. The minimum Gasteiger partial charge on any atom is -0.493 e. The molecule has 1 fully saturated rings. The van der Waals surface area contributed by atoms with Crippen molar-refractivity contribution in [1.29, 1.82) is 0 Å². The Hall–Kier alpha value is -2.70. The molecule has 0 spiro atoms. The summed E-state index contributed by atoms with van der Waals surface area (Å²) in [6.07, 6.45) is 7.61. The van der Waals surface area contributed by atoms with Crippen molar-refractivity contribution in [2.24, 2.45) is 5.92 Å². The van der Waals surface area contributed by atoms with Crippen molar-refractivity contribution in [2.45, 2.75) is 83.1 Å². The second kappa shape index (κ2) is 12.7. The van der Waals surface area contributed by atoms with Gasteiger partial charge in [0.1, 0.15) is 19.4 Å². The molecular formula is C27H36BNO5. The summed E-state index contributed by atoms with van der Waals surface area (Å²) < 4.78 is 11.6. The molecule has 1 N–H and O–H groups in total. The summed E-state index contributed by atoms with van der Waals surface area (Å²) in [5.74, 6) is 0.755. The number of rotatable bonds is 12. The van der Waals surface area contributed by atoms with Crippen LogP contribution in [0.15, 0.2) is 47.1 Å². The number of nitrogens with zero attached hydrogens (tertiary/aromatic N) is 1. The summed E-state index contributed by atoms with van der Waals surface area (Å²) in [5.41, 5.74) is 0.791. The van der Waals surface area contributed by atoms with E-state index >= 15 is 0 Å². The van der Waals surface area contributed by atoms with Crippen molar-refractivity contribution in [3.63, 3.8) is 0 Å². The second-order valence-electron chi connectivity index (χ2n) is 9.44. The van der Waals surface area contributed by atoms with Gasteiger partial charge in [0, 0.05) is 35.8 Å². The molecule has 1 aliphatic rings. The predicted molar refractivity (Wildman–Crippen MR) is 132 cm³/mol. The number of carbonyl (C=O) groups excluding carboxylic acids is 1. The average molecular weight is 465 g/mol. The summed E-state index contributed by atoms with van der Waals surface area (Å²) in [7, 11) is 6.68. The van der Waals surface area contributed by atoms with Crippen LogP contribution in [0.1, 0.15) is 88.4 Å². The van der Waals surface area contributed by atoms with Gasteiger partial charge in [0.05, 0.1) is 12.9 Å². The SMILES string of the molecule is [B]C(c1ccccc1OCCCCCC(=O)O)N(C(=O)C1CCC(c2ccco2)CC1)C(C)C. The molecule has 3 rings (SSSR count). The van der Waals surface area contributed by atoms with Gasteiger partial charge in [-0.25, -0.2) is 0 Å². The molecule has 1 saturated carbocycles. The van der Waals surface area contributed by atoms with Gasteiger partial charge < -0.3 is 19.2 Å². The first-order valence-corrected chi connectivity index (χ1v) is 12.4. The van der Waals surface area contributed by atoms with E-state index in [0.717, 1.165) is 49.8 Å². The molecule has 2 aromatic rings. The fraction of sp³-hybridized carbons (Fsp3) is 0.556. The minimum atomic E-state index is -0.773. The van der Waals surface area contributed by atoms with Crippen LogP contribution in [-0.4, -0.2) is 42.4 Å². The molecule has 2 radical (unpaired) electrons. The van der Waals surface area contributed by atoms with Crippen LogP contribution in [0.25, 0.3) is 0 Å². The number of amides is 1. The second-order valence-corrected chi connectivity index (χ2v) is 9.44. The van der Waals surface area contributed by atoms with Gasteiger partial charge in [0.2, 0.25) is 5.91 Å². The molecule has 6 nitrogen and oxygen atoms in total. The third-order valence-corrected chi connectivity index (χ3v) is 6.66. The van der Waals surface area contributed by atoms with E-state index in [2.05, 4.69) is 0 Å². The molecule has 182 valence electrons. The van der Waals surface area contributed by atoms with Crippen molar-refractivity contribution in [3.8, 4) is 5.75 Å². The Labute approximate surface area is 204 Å². The molecule has 0 aliphatic heterocycles. The zero-order valence-electron chi connectivity index (χ0n) is 20.3. The number of carboxylic acids is 1. The first-order valence-electron chi connectivity index (χ1n) is 12.4. The van der Waals surface area contributed by atoms with Crippen LogP contribution in [0.2, 0.25) is 0 Å². The number of benzene rings is 1. The Morgan fingerprint density at radius 2 is 1.82 bits per heavy atom. The van der Waals surface area contributed by atoms with Crippen LogP contribution < -0.4 is 4.74 Å². The van der Waals surface area contributed by atoms with Gasteiger partial charge in [-0.15, -0.1) is 0 Å². The number of carbonyl (C=O) groups is 2. The van der Waals surface area contributed by atoms with E-state index in [1.807, 2.05) is 50.2 Å². The Balaban J connectivity index is 1.61. The van der Waals surface area contributed by atoms with E-state index < -0.39 is 11.9 Å². The van der Waals surface area contributed by atoms with Crippen LogP contribution in [0.5, 0.6) is 5.75 Å². The first kappa shape index (κ1) is 25.9. The lowest BCUT2D eigenvalue weighted by atomic mass is 9.78. The molecule has 1 amide bonds. The molecule has 0 saturated heterocycles. The number of hydrogen-bond donors (Lipinski definition) is 1. The van der Waals surface area contributed by atoms with E-state index in [4.69, 9.17) is 22.1 Å². The standard InChI is InChI=1S/C27H36BNO5/c1-19(2)29(27(32)21-15-13-20(14-16-21)23-11-8-18-33-23)26(28)22-9-5-6-10-24(22)34-17-7-3-4-12-25(30)31/h5-6,8-11,18-21,26H,3-4,7,12-17H2,1-2H3,(H,30,31). The van der Waals surface area contributed by atoms with Crippen LogP contribution in [0.3, 0.4) is 0 Å². The maximum atomic E-state index is 13.6. The number of hydrogen-bond acceptors (Lipinski definition) is 4. The molecular weight excluding hydrogens is 429 g/mol. The van der Waals surface area contributed by atoms with Gasteiger partial charge in [-0.05, 0) is 77.0 Å². The highest BCUT2D eigenvalue weighted by atomic mass is 16.5. The first-order chi connectivity index (χ1) is 16.4. The number of carboxylic acid groups (broad SMARTS) is 1. The molecule has 34 heavy (non-hydrogen) atoms. The zero-order chi connectivity index (χ0) is 24.5. The molecule has 1 unspecified atom stereocenters. The van der Waals surface area contributed by atoms with Gasteiger partial charge in [0.25, 0.3) is 0 Å². The fourth-order valence-corrected chi connectivity index (χ4v) is 4.82. The Morgan fingerprint density at radius 3 is 2.47 bits per heavy atom. The zero-order valence-corrected chi connectivity index (χ0v) is 20.3. The predicted octanol–water partition coefficient (Wildman–Crippen LogP) is 5.68. The molecule has 1 aromatic carbocycles. The normalized spacial score (nSPS) is 19.0. The minimum absolute atomic E-state index is 0.0398. The molecule has 1 atom stereocenters. The summed E-state index contributed by atoms with van der Waals surface area (Å²) in [4.78, 5) is 26.0. The van der Waals surface area contributed by atoms with Crippen LogP contribution in [-0.2, 0) is 9.59 Å². The van der Waals surface area contributed by atoms with Crippen molar-refractivity contribution in [2.75, 3.05) is 6.61 Å². The third kappa shape index (κ3) is 6.91. The Kier molecular flexibility index (Phi) is 9.67. The monoisotopic (exact) mass is 465 g/mol. The summed E-state index contributed by atoms with van der Waals surface area (Å²) in [6.45, 7) is 4.48. The lowest BCUT2D eigenvalue weighted by Gasteiger charge is -2.38. The average Bonchev–Trinajstić information content (AvgIpc) is 3.36. The third-order valence-electron chi connectivity index (χ3n) is 6.66. The molecule has 1 aromatic heterocycles. The van der Waals surface area contributed by atoms with Crippen LogP contribution in [0.4, 0.5) is 0 Å². The lowest BCUT2D eigenvalue weighted by molar-refractivity contribution is -0.139. The fourth-order valence-electron chi connectivity index (χ4n) is 4.82. The maximum Gasteiger partial charge on any atom is 0.303 e. The van der Waals surface area contributed by atoms with Gasteiger partial charge in [-0.3, -0.25) is 9.59 Å². The number of para-hydroxylation sites is 1. The number of aliphatic carboxylic acids is 1. The van der Waals surface area contributed by atoms with Crippen LogP contribution in [0, 0.1) is 5.92 Å². The van der Waals surface area contributed by atoms with Gasteiger partial charge in [-0.1, -0.05) is 18.2 Å². The van der Waals surface area contributed by atoms with Gasteiger partial charge in [-0.2, -0.15) is 0 Å². The number of unbranched alkanes of at least 4 members (excludes halogenated alkanes) is 2. The van der Waals surface area contributed by atoms with Crippen molar-refractivity contribution in [3.05, 3.63) is 54.0 Å². The summed E-state index contributed by atoms with van der Waals surface area (Å²) in [5, 5.41) is 8.76.